The van der Waals surface area contributed by atoms with Gasteiger partial charge in [-0.15, -0.1) is 0 Å². The summed E-state index contributed by atoms with van der Waals surface area (Å²) in [7, 11) is 0. The number of nitro benzene ring substituents is 1. The molecule has 0 aliphatic heterocycles. The molecule has 0 unspecified atom stereocenters. The molecule has 1 amide bonds. The maximum Gasteiger partial charge on any atom is 0.270 e. The molecule has 0 aliphatic carbocycles. The molecule has 1 heterocycles. The van der Waals surface area contributed by atoms with Crippen molar-refractivity contribution < 1.29 is 9.72 Å². The Morgan fingerprint density at radius 3 is 2.93 bits per heavy atom. The number of hydrazone groups is 1. The number of imidazole rings is 1. The van der Waals surface area contributed by atoms with Crippen LogP contribution in [0.15, 0.2) is 52.7 Å². The van der Waals surface area contributed by atoms with Crippen LogP contribution in [0.2, 0.25) is 5.02 Å². The van der Waals surface area contributed by atoms with Gasteiger partial charge in [0.1, 0.15) is 0 Å². The second-order valence-corrected chi connectivity index (χ2v) is 7.02. The second kappa shape index (κ2) is 8.85. The van der Waals surface area contributed by atoms with E-state index in [2.05, 4.69) is 15.5 Å². The number of fused-ring (bicyclic) bond motifs is 1. The average molecular weight is 418 g/mol. The van der Waals surface area contributed by atoms with Gasteiger partial charge in [0.15, 0.2) is 5.16 Å². The SMILES string of the molecule is CCn1c(SCC(=O)NN=Cc2cc([N+](=O)[O-])ccc2Cl)nc2ccccc21. The van der Waals surface area contributed by atoms with E-state index >= 15 is 0 Å². The molecule has 0 spiro atoms. The Balaban J connectivity index is 1.62. The van der Waals surface area contributed by atoms with E-state index in [1.165, 1.54) is 36.2 Å². The van der Waals surface area contributed by atoms with E-state index in [1.54, 1.807) is 0 Å². The fourth-order valence-corrected chi connectivity index (χ4v) is 3.59. The molecule has 1 N–H and O–H groups in total. The molecule has 0 saturated heterocycles. The van der Waals surface area contributed by atoms with Gasteiger partial charge in [-0.05, 0) is 25.1 Å². The molecule has 0 fully saturated rings. The molecule has 8 nitrogen and oxygen atoms in total. The molecule has 0 atom stereocenters. The number of hydrogen-bond acceptors (Lipinski definition) is 6. The number of amides is 1. The summed E-state index contributed by atoms with van der Waals surface area (Å²) in [6.45, 7) is 2.76. The minimum absolute atomic E-state index is 0.105. The molecule has 1 aromatic heterocycles. The molecule has 28 heavy (non-hydrogen) atoms. The normalized spacial score (nSPS) is 11.2. The summed E-state index contributed by atoms with van der Waals surface area (Å²) in [4.78, 5) is 26.9. The number of rotatable bonds is 7. The van der Waals surface area contributed by atoms with Gasteiger partial charge in [0.05, 0.1) is 27.9 Å². The lowest BCUT2D eigenvalue weighted by Gasteiger charge is -2.05. The number of hydrogen-bond donors (Lipinski definition) is 1. The molecule has 0 bridgehead atoms. The first-order chi connectivity index (χ1) is 13.5. The van der Waals surface area contributed by atoms with Crippen LogP contribution in [0.4, 0.5) is 5.69 Å². The van der Waals surface area contributed by atoms with Gasteiger partial charge < -0.3 is 4.57 Å². The lowest BCUT2D eigenvalue weighted by molar-refractivity contribution is -0.384. The Morgan fingerprint density at radius 2 is 2.18 bits per heavy atom. The van der Waals surface area contributed by atoms with Gasteiger partial charge in [-0.1, -0.05) is 35.5 Å². The first kappa shape index (κ1) is 19.8. The number of carbonyl (C=O) groups is 1. The molecule has 0 aliphatic rings. The highest BCUT2D eigenvalue weighted by Gasteiger charge is 2.12. The van der Waals surface area contributed by atoms with Gasteiger partial charge in [-0.2, -0.15) is 5.10 Å². The topological polar surface area (TPSA) is 102 Å². The first-order valence-corrected chi connectivity index (χ1v) is 9.70. The number of thioether (sulfide) groups is 1. The highest BCUT2D eigenvalue weighted by Crippen LogP contribution is 2.24. The Kier molecular flexibility index (Phi) is 6.27. The van der Waals surface area contributed by atoms with Crippen molar-refractivity contribution in [3.63, 3.8) is 0 Å². The number of benzene rings is 2. The fraction of sp³-hybridized carbons (Fsp3) is 0.167. The maximum absolute atomic E-state index is 12.1. The van der Waals surface area contributed by atoms with E-state index in [4.69, 9.17) is 11.6 Å². The van der Waals surface area contributed by atoms with Crippen molar-refractivity contribution in [2.75, 3.05) is 5.75 Å². The lowest BCUT2D eigenvalue weighted by Crippen LogP contribution is -2.20. The molecule has 0 radical (unpaired) electrons. The smallest absolute Gasteiger partial charge is 0.270 e. The van der Waals surface area contributed by atoms with Crippen LogP contribution >= 0.6 is 23.4 Å². The Morgan fingerprint density at radius 1 is 1.39 bits per heavy atom. The summed E-state index contributed by atoms with van der Waals surface area (Å²) in [6, 6.07) is 11.8. The monoisotopic (exact) mass is 417 g/mol. The number of nitrogens with zero attached hydrogens (tertiary/aromatic N) is 4. The molecule has 144 valence electrons. The quantitative estimate of drug-likeness (QED) is 0.272. The van der Waals surface area contributed by atoms with Gasteiger partial charge in [0.2, 0.25) is 0 Å². The zero-order valence-corrected chi connectivity index (χ0v) is 16.4. The average Bonchev–Trinajstić information content (AvgIpc) is 3.05. The van der Waals surface area contributed by atoms with Crippen LogP contribution in [0, 0.1) is 10.1 Å². The minimum atomic E-state index is -0.525. The summed E-state index contributed by atoms with van der Waals surface area (Å²) in [5.74, 6) is -0.193. The Labute approximate surface area is 169 Å². The van der Waals surface area contributed by atoms with Gasteiger partial charge in [-0.3, -0.25) is 14.9 Å². The van der Waals surface area contributed by atoms with Gasteiger partial charge in [0, 0.05) is 29.3 Å². The number of nitrogens with one attached hydrogen (secondary N) is 1. The van der Waals surface area contributed by atoms with Crippen molar-refractivity contribution in [3.8, 4) is 0 Å². The van der Waals surface area contributed by atoms with Gasteiger partial charge in [0.25, 0.3) is 11.6 Å². The van der Waals surface area contributed by atoms with Crippen molar-refractivity contribution in [2.45, 2.75) is 18.6 Å². The van der Waals surface area contributed by atoms with Crippen molar-refractivity contribution in [2.24, 2.45) is 5.10 Å². The predicted octanol–water partition coefficient (Wildman–Crippen LogP) is 3.86. The van der Waals surface area contributed by atoms with Crippen LogP contribution in [0.25, 0.3) is 11.0 Å². The molecular formula is C18H16ClN5O3S. The van der Waals surface area contributed by atoms with E-state index in [0.29, 0.717) is 10.6 Å². The number of aryl methyl sites for hydroxylation is 1. The van der Waals surface area contributed by atoms with Crippen molar-refractivity contribution in [3.05, 3.63) is 63.2 Å². The third kappa shape index (κ3) is 4.49. The van der Waals surface area contributed by atoms with Gasteiger partial charge >= 0.3 is 0 Å². The Hall–Kier alpha value is -2.91. The number of halogens is 1. The molecule has 10 heteroatoms. The number of non-ortho nitro benzene ring substituents is 1. The van der Waals surface area contributed by atoms with Crippen molar-refractivity contribution in [1.29, 1.82) is 0 Å². The summed E-state index contributed by atoms with van der Waals surface area (Å²) >= 11 is 7.30. The maximum atomic E-state index is 12.1. The molecule has 3 aromatic rings. The molecule has 2 aromatic carbocycles. The standard InChI is InChI=1S/C18H16ClN5O3S/c1-2-23-16-6-4-3-5-15(16)21-18(23)28-11-17(25)22-20-10-12-9-13(24(26)27)7-8-14(12)19/h3-10H,2,11H2,1H3,(H,22,25). The van der Waals surface area contributed by atoms with Crippen LogP contribution in [0.1, 0.15) is 12.5 Å². The zero-order chi connectivity index (χ0) is 20.1. The van der Waals surface area contributed by atoms with Crippen molar-refractivity contribution >= 4 is 52.2 Å². The van der Waals surface area contributed by atoms with E-state index < -0.39 is 4.92 Å². The van der Waals surface area contributed by atoms with Crippen LogP contribution < -0.4 is 5.43 Å². The van der Waals surface area contributed by atoms with Crippen molar-refractivity contribution in [1.82, 2.24) is 15.0 Å². The number of nitro groups is 1. The summed E-state index contributed by atoms with van der Waals surface area (Å²) in [5.41, 5.74) is 4.53. The summed E-state index contributed by atoms with van der Waals surface area (Å²) < 4.78 is 2.04. The van der Waals surface area contributed by atoms with E-state index in [-0.39, 0.29) is 17.3 Å². The fourth-order valence-electron chi connectivity index (χ4n) is 2.55. The van der Waals surface area contributed by atoms with Crippen LogP contribution in [0.3, 0.4) is 0 Å². The summed E-state index contributed by atoms with van der Waals surface area (Å²) in [6.07, 6.45) is 1.28. The largest absolute Gasteiger partial charge is 0.319 e. The highest BCUT2D eigenvalue weighted by atomic mass is 35.5. The predicted molar refractivity (Wildman–Crippen MR) is 110 cm³/mol. The van der Waals surface area contributed by atoms with Crippen LogP contribution in [0.5, 0.6) is 0 Å². The number of carbonyl (C=O) groups excluding carboxylic acids is 1. The molecule has 3 rings (SSSR count). The number of para-hydroxylation sites is 2. The Bertz CT molecular complexity index is 1070. The molecule has 0 saturated carbocycles. The second-order valence-electron chi connectivity index (χ2n) is 5.67. The highest BCUT2D eigenvalue weighted by molar-refractivity contribution is 7.99. The zero-order valence-electron chi connectivity index (χ0n) is 14.8. The first-order valence-electron chi connectivity index (χ1n) is 8.33. The van der Waals surface area contributed by atoms with E-state index in [9.17, 15) is 14.9 Å². The lowest BCUT2D eigenvalue weighted by atomic mass is 10.2. The minimum Gasteiger partial charge on any atom is -0.319 e. The van der Waals surface area contributed by atoms with E-state index in [0.717, 1.165) is 22.7 Å². The van der Waals surface area contributed by atoms with E-state index in [1.807, 2.05) is 35.8 Å². The third-order valence-electron chi connectivity index (χ3n) is 3.85. The third-order valence-corrected chi connectivity index (χ3v) is 5.17. The van der Waals surface area contributed by atoms with Crippen LogP contribution in [-0.2, 0) is 11.3 Å². The summed E-state index contributed by atoms with van der Waals surface area (Å²) in [5, 5.41) is 15.7. The van der Waals surface area contributed by atoms with Gasteiger partial charge in [-0.25, -0.2) is 10.4 Å². The number of aromatic nitrogens is 2. The molecular weight excluding hydrogens is 402 g/mol. The van der Waals surface area contributed by atoms with Crippen LogP contribution in [-0.4, -0.2) is 32.3 Å².